The van der Waals surface area contributed by atoms with Crippen LogP contribution in [0.1, 0.15) is 24.6 Å². The number of aromatic nitrogens is 2. The average molecular weight is 184 g/mol. The molecule has 0 radical (unpaired) electrons. The second-order valence-electron chi connectivity index (χ2n) is 2.77. The van der Waals surface area contributed by atoms with Crippen LogP contribution in [0.4, 0.5) is 5.69 Å². The van der Waals surface area contributed by atoms with Crippen LogP contribution in [-0.4, -0.2) is 9.97 Å². The van der Waals surface area contributed by atoms with Crippen LogP contribution in [0.3, 0.4) is 0 Å². The van der Waals surface area contributed by atoms with Gasteiger partial charge in [-0.1, -0.05) is 11.6 Å². The van der Waals surface area contributed by atoms with Crippen LogP contribution in [0.2, 0.25) is 5.15 Å². The summed E-state index contributed by atoms with van der Waals surface area (Å²) >= 11 is 5.66. The van der Waals surface area contributed by atoms with E-state index in [0.29, 0.717) is 5.92 Å². The molecule has 1 fully saturated rings. The Kier molecular flexibility index (Phi) is 1.77. The van der Waals surface area contributed by atoms with E-state index in [1.165, 1.54) is 6.20 Å². The van der Waals surface area contributed by atoms with Gasteiger partial charge >= 0.3 is 0 Å². The van der Waals surface area contributed by atoms with E-state index in [1.54, 1.807) is 0 Å². The first-order valence-corrected chi connectivity index (χ1v) is 4.05. The van der Waals surface area contributed by atoms with Gasteiger partial charge in [0.25, 0.3) is 0 Å². The largest absolute Gasteiger partial charge is 0.239 e. The highest BCUT2D eigenvalue weighted by atomic mass is 35.5. The molecule has 1 saturated carbocycles. The molecule has 4 nitrogen and oxygen atoms in total. The first-order valence-electron chi connectivity index (χ1n) is 3.67. The molecule has 2 rings (SSSR count). The molecule has 12 heavy (non-hydrogen) atoms. The minimum Gasteiger partial charge on any atom is -0.239 e. The van der Waals surface area contributed by atoms with Crippen LogP contribution in [0.25, 0.3) is 0 Å². The van der Waals surface area contributed by atoms with Gasteiger partial charge in [-0.2, -0.15) is 0 Å². The normalized spacial score (nSPS) is 16.1. The van der Waals surface area contributed by atoms with E-state index in [-0.39, 0.29) is 10.8 Å². The van der Waals surface area contributed by atoms with Gasteiger partial charge in [0.1, 0.15) is 5.82 Å². The first kappa shape index (κ1) is 7.61. The van der Waals surface area contributed by atoms with Gasteiger partial charge in [-0.05, 0) is 18.0 Å². The number of hydrogen-bond donors (Lipinski definition) is 0. The molecule has 1 aromatic heterocycles. The number of hydrogen-bond acceptors (Lipinski definition) is 4. The molecular weight excluding hydrogens is 178 g/mol. The second kappa shape index (κ2) is 2.79. The number of nitrogens with zero attached hydrogens (tertiary/aromatic N) is 3. The smallest absolute Gasteiger partial charge is 0.163 e. The zero-order chi connectivity index (χ0) is 8.55. The van der Waals surface area contributed by atoms with Crippen molar-refractivity contribution < 1.29 is 0 Å². The molecule has 1 heterocycles. The summed E-state index contributed by atoms with van der Waals surface area (Å²) in [6.07, 6.45) is 3.60. The Morgan fingerprint density at radius 3 is 2.83 bits per heavy atom. The zero-order valence-electron chi connectivity index (χ0n) is 6.20. The van der Waals surface area contributed by atoms with Crippen LogP contribution < -0.4 is 0 Å². The van der Waals surface area contributed by atoms with Crippen molar-refractivity contribution in [2.75, 3.05) is 0 Å². The minimum absolute atomic E-state index is 0.112. The third-order valence-electron chi connectivity index (χ3n) is 1.78. The maximum absolute atomic E-state index is 10.1. The average Bonchev–Trinajstić information content (AvgIpc) is 2.86. The molecular formula is C7H6ClN3O. The van der Waals surface area contributed by atoms with Crippen LogP contribution in [0.5, 0.6) is 0 Å². The Morgan fingerprint density at radius 2 is 2.33 bits per heavy atom. The summed E-state index contributed by atoms with van der Waals surface area (Å²) in [5.41, 5.74) is 0.112. The number of nitroso groups, excluding NO2 is 1. The standard InChI is InChI=1S/C7H6ClN3O/c8-6-5(11-12)3-9-7(10-6)4-1-2-4/h3-4H,1-2H2. The second-order valence-corrected chi connectivity index (χ2v) is 3.13. The summed E-state index contributed by atoms with van der Waals surface area (Å²) in [6, 6.07) is 0. The molecule has 1 aliphatic rings. The van der Waals surface area contributed by atoms with Crippen LogP contribution in [0.15, 0.2) is 11.4 Å². The van der Waals surface area contributed by atoms with Gasteiger partial charge in [-0.25, -0.2) is 9.97 Å². The van der Waals surface area contributed by atoms with E-state index in [0.717, 1.165) is 18.7 Å². The predicted octanol–water partition coefficient (Wildman–Crippen LogP) is 2.41. The summed E-state index contributed by atoms with van der Waals surface area (Å²) in [4.78, 5) is 18.1. The van der Waals surface area contributed by atoms with Gasteiger partial charge in [-0.3, -0.25) is 0 Å². The van der Waals surface area contributed by atoms with E-state index < -0.39 is 0 Å². The van der Waals surface area contributed by atoms with Gasteiger partial charge in [0, 0.05) is 5.92 Å². The third kappa shape index (κ3) is 1.30. The lowest BCUT2D eigenvalue weighted by molar-refractivity contribution is 0.926. The van der Waals surface area contributed by atoms with Crippen molar-refractivity contribution in [2.45, 2.75) is 18.8 Å². The summed E-state index contributed by atoms with van der Waals surface area (Å²) in [7, 11) is 0. The highest BCUT2D eigenvalue weighted by molar-refractivity contribution is 6.31. The quantitative estimate of drug-likeness (QED) is 0.523. The van der Waals surface area contributed by atoms with Crippen molar-refractivity contribution in [3.63, 3.8) is 0 Å². The van der Waals surface area contributed by atoms with Gasteiger partial charge < -0.3 is 0 Å². The van der Waals surface area contributed by atoms with Gasteiger partial charge in [0.05, 0.1) is 6.20 Å². The Labute approximate surface area is 74.0 Å². The number of halogens is 1. The van der Waals surface area contributed by atoms with Gasteiger partial charge in [0.2, 0.25) is 0 Å². The van der Waals surface area contributed by atoms with E-state index in [1.807, 2.05) is 0 Å². The molecule has 1 aliphatic carbocycles. The molecule has 0 amide bonds. The third-order valence-corrected chi connectivity index (χ3v) is 2.06. The van der Waals surface area contributed by atoms with Crippen LogP contribution in [0, 0.1) is 4.91 Å². The van der Waals surface area contributed by atoms with E-state index in [2.05, 4.69) is 15.1 Å². The van der Waals surface area contributed by atoms with Crippen molar-refractivity contribution in [1.29, 1.82) is 0 Å². The molecule has 5 heteroatoms. The molecule has 0 spiro atoms. The number of rotatable bonds is 2. The Balaban J connectivity index is 2.36. The van der Waals surface area contributed by atoms with Crippen molar-refractivity contribution in [1.82, 2.24) is 9.97 Å². The van der Waals surface area contributed by atoms with Crippen LogP contribution >= 0.6 is 11.6 Å². The molecule has 1 aromatic rings. The van der Waals surface area contributed by atoms with Gasteiger partial charge in [-0.15, -0.1) is 4.91 Å². The summed E-state index contributed by atoms with van der Waals surface area (Å²) in [5, 5.41) is 2.84. The Morgan fingerprint density at radius 1 is 1.58 bits per heavy atom. The molecule has 0 aromatic carbocycles. The predicted molar refractivity (Wildman–Crippen MR) is 44.5 cm³/mol. The monoisotopic (exact) mass is 183 g/mol. The van der Waals surface area contributed by atoms with Crippen molar-refractivity contribution in [3.8, 4) is 0 Å². The fraction of sp³-hybridized carbons (Fsp3) is 0.429. The topological polar surface area (TPSA) is 55.2 Å². The Hall–Kier alpha value is -1.03. The molecule has 0 unspecified atom stereocenters. The zero-order valence-corrected chi connectivity index (χ0v) is 6.95. The summed E-state index contributed by atoms with van der Waals surface area (Å²) < 4.78 is 0. The minimum atomic E-state index is 0.112. The highest BCUT2D eigenvalue weighted by Crippen LogP contribution is 2.38. The lowest BCUT2D eigenvalue weighted by Crippen LogP contribution is -1.91. The van der Waals surface area contributed by atoms with Crippen molar-refractivity contribution in [2.24, 2.45) is 5.18 Å². The Bertz CT molecular complexity index is 324. The maximum atomic E-state index is 10.1. The molecule has 0 aliphatic heterocycles. The highest BCUT2D eigenvalue weighted by Gasteiger charge is 2.27. The van der Waals surface area contributed by atoms with Crippen molar-refractivity contribution >= 4 is 17.3 Å². The fourth-order valence-electron chi connectivity index (χ4n) is 0.967. The van der Waals surface area contributed by atoms with E-state index in [9.17, 15) is 4.91 Å². The molecule has 0 bridgehead atoms. The molecule has 0 atom stereocenters. The summed E-state index contributed by atoms with van der Waals surface area (Å²) in [6.45, 7) is 0. The van der Waals surface area contributed by atoms with Gasteiger partial charge in [0.15, 0.2) is 10.8 Å². The lowest BCUT2D eigenvalue weighted by atomic mass is 10.4. The van der Waals surface area contributed by atoms with E-state index in [4.69, 9.17) is 11.6 Å². The van der Waals surface area contributed by atoms with Crippen LogP contribution in [-0.2, 0) is 0 Å². The summed E-state index contributed by atoms with van der Waals surface area (Å²) in [5.74, 6) is 1.18. The molecule has 0 N–H and O–H groups in total. The molecule has 62 valence electrons. The SMILES string of the molecule is O=Nc1cnc(C2CC2)nc1Cl. The fourth-order valence-corrected chi connectivity index (χ4v) is 1.14. The first-order chi connectivity index (χ1) is 5.81. The molecule has 0 saturated heterocycles. The van der Waals surface area contributed by atoms with Crippen molar-refractivity contribution in [3.05, 3.63) is 22.1 Å². The maximum Gasteiger partial charge on any atom is 0.163 e. The lowest BCUT2D eigenvalue weighted by Gasteiger charge is -1.96. The van der Waals surface area contributed by atoms with E-state index >= 15 is 0 Å².